The Kier molecular flexibility index (Phi) is 5.85. The summed E-state index contributed by atoms with van der Waals surface area (Å²) in [7, 11) is 3.99. The minimum atomic E-state index is -0.826. The van der Waals surface area contributed by atoms with E-state index in [2.05, 4.69) is 10.2 Å². The molecule has 0 radical (unpaired) electrons. The van der Waals surface area contributed by atoms with Gasteiger partial charge in [-0.05, 0) is 45.0 Å². The number of benzene rings is 1. The van der Waals surface area contributed by atoms with Gasteiger partial charge in [0, 0.05) is 18.0 Å². The second-order valence-corrected chi connectivity index (χ2v) is 5.83. The van der Waals surface area contributed by atoms with Crippen LogP contribution in [0.1, 0.15) is 12.5 Å². The highest BCUT2D eigenvalue weighted by Crippen LogP contribution is 2.23. The molecule has 0 saturated carbocycles. The summed E-state index contributed by atoms with van der Waals surface area (Å²) < 4.78 is 0. The standard InChI is InChI=1S/C14H23N3OS/c1-14(13(15)18,16-9-10-17(2)3)11-5-7-12(19-4)8-6-11/h5-8,16H,9-10H2,1-4H3,(H2,15,18). The number of hydrogen-bond acceptors (Lipinski definition) is 4. The second kappa shape index (κ2) is 6.93. The van der Waals surface area contributed by atoms with Gasteiger partial charge in [-0.2, -0.15) is 0 Å². The molecule has 1 aromatic carbocycles. The van der Waals surface area contributed by atoms with Gasteiger partial charge in [-0.15, -0.1) is 11.8 Å². The summed E-state index contributed by atoms with van der Waals surface area (Å²) >= 11 is 1.68. The van der Waals surface area contributed by atoms with E-state index in [0.29, 0.717) is 6.54 Å². The van der Waals surface area contributed by atoms with Gasteiger partial charge in [0.1, 0.15) is 5.54 Å². The van der Waals surface area contributed by atoms with Gasteiger partial charge in [-0.1, -0.05) is 12.1 Å². The zero-order valence-corrected chi connectivity index (χ0v) is 12.9. The minimum absolute atomic E-state index is 0.358. The number of amides is 1. The summed E-state index contributed by atoms with van der Waals surface area (Å²) in [4.78, 5) is 15.0. The van der Waals surface area contributed by atoms with Crippen molar-refractivity contribution in [1.82, 2.24) is 10.2 Å². The third-order valence-corrected chi connectivity index (χ3v) is 3.94. The molecule has 0 spiro atoms. The zero-order chi connectivity index (χ0) is 14.5. The largest absolute Gasteiger partial charge is 0.368 e. The third kappa shape index (κ3) is 4.23. The van der Waals surface area contributed by atoms with Crippen LogP contribution in [0.2, 0.25) is 0 Å². The number of nitrogens with one attached hydrogen (secondary N) is 1. The fourth-order valence-corrected chi connectivity index (χ4v) is 2.19. The van der Waals surface area contributed by atoms with Crippen molar-refractivity contribution in [2.75, 3.05) is 33.4 Å². The van der Waals surface area contributed by atoms with E-state index in [4.69, 9.17) is 5.73 Å². The number of carbonyl (C=O) groups excluding carboxylic acids is 1. The van der Waals surface area contributed by atoms with Gasteiger partial charge in [0.25, 0.3) is 0 Å². The minimum Gasteiger partial charge on any atom is -0.368 e. The normalized spacial score (nSPS) is 14.4. The zero-order valence-electron chi connectivity index (χ0n) is 12.1. The lowest BCUT2D eigenvalue weighted by Crippen LogP contribution is -2.51. The van der Waals surface area contributed by atoms with E-state index in [9.17, 15) is 4.79 Å². The Hall–Kier alpha value is -1.04. The second-order valence-electron chi connectivity index (χ2n) is 4.95. The van der Waals surface area contributed by atoms with Gasteiger partial charge >= 0.3 is 0 Å². The maximum absolute atomic E-state index is 11.8. The molecule has 1 atom stereocenters. The smallest absolute Gasteiger partial charge is 0.242 e. The van der Waals surface area contributed by atoms with Crippen molar-refractivity contribution in [3.63, 3.8) is 0 Å². The van der Waals surface area contributed by atoms with Gasteiger partial charge in [0.15, 0.2) is 0 Å². The Morgan fingerprint density at radius 3 is 2.37 bits per heavy atom. The van der Waals surface area contributed by atoms with Crippen molar-refractivity contribution in [3.8, 4) is 0 Å². The van der Waals surface area contributed by atoms with Crippen LogP contribution in [0.4, 0.5) is 0 Å². The molecular weight excluding hydrogens is 258 g/mol. The highest BCUT2D eigenvalue weighted by atomic mass is 32.2. The summed E-state index contributed by atoms with van der Waals surface area (Å²) in [6, 6.07) is 7.93. The molecule has 5 heteroatoms. The first-order valence-electron chi connectivity index (χ1n) is 6.24. The van der Waals surface area contributed by atoms with Crippen LogP contribution < -0.4 is 11.1 Å². The van der Waals surface area contributed by atoms with E-state index in [1.807, 2.05) is 51.5 Å². The Morgan fingerprint density at radius 1 is 1.37 bits per heavy atom. The number of likely N-dealkylation sites (N-methyl/N-ethyl adjacent to an activating group) is 1. The van der Waals surface area contributed by atoms with Crippen LogP contribution in [0.5, 0.6) is 0 Å². The molecule has 3 N–H and O–H groups in total. The highest BCUT2D eigenvalue weighted by molar-refractivity contribution is 7.98. The predicted molar refractivity (Wildman–Crippen MR) is 81.3 cm³/mol. The molecule has 1 unspecified atom stereocenters. The monoisotopic (exact) mass is 281 g/mol. The van der Waals surface area contributed by atoms with Crippen LogP contribution in [0.25, 0.3) is 0 Å². The van der Waals surface area contributed by atoms with Crippen LogP contribution in [0, 0.1) is 0 Å². The maximum Gasteiger partial charge on any atom is 0.242 e. The molecule has 0 bridgehead atoms. The van der Waals surface area contributed by atoms with E-state index in [0.717, 1.165) is 12.1 Å². The van der Waals surface area contributed by atoms with Gasteiger partial charge < -0.3 is 10.6 Å². The first-order valence-corrected chi connectivity index (χ1v) is 7.47. The quantitative estimate of drug-likeness (QED) is 0.739. The average molecular weight is 281 g/mol. The van der Waals surface area contributed by atoms with Crippen molar-refractivity contribution in [2.45, 2.75) is 17.4 Å². The Morgan fingerprint density at radius 2 is 1.95 bits per heavy atom. The Labute approximate surface area is 119 Å². The van der Waals surface area contributed by atoms with Crippen LogP contribution in [0.3, 0.4) is 0 Å². The number of hydrogen-bond donors (Lipinski definition) is 2. The molecule has 0 fully saturated rings. The summed E-state index contributed by atoms with van der Waals surface area (Å²) in [6.07, 6.45) is 2.03. The lowest BCUT2D eigenvalue weighted by Gasteiger charge is -2.29. The molecule has 19 heavy (non-hydrogen) atoms. The first kappa shape index (κ1) is 16.0. The number of rotatable bonds is 7. The molecule has 0 heterocycles. The topological polar surface area (TPSA) is 58.4 Å². The molecule has 106 valence electrons. The van der Waals surface area contributed by atoms with Crippen molar-refractivity contribution >= 4 is 17.7 Å². The molecule has 0 aliphatic rings. The average Bonchev–Trinajstić information content (AvgIpc) is 2.38. The molecule has 1 aromatic rings. The lowest BCUT2D eigenvalue weighted by atomic mass is 9.91. The highest BCUT2D eigenvalue weighted by Gasteiger charge is 2.32. The van der Waals surface area contributed by atoms with Gasteiger partial charge in [-0.3, -0.25) is 10.1 Å². The summed E-state index contributed by atoms with van der Waals surface area (Å²) in [5.74, 6) is -0.358. The predicted octanol–water partition coefficient (Wildman–Crippen LogP) is 1.26. The van der Waals surface area contributed by atoms with Crippen molar-refractivity contribution in [1.29, 1.82) is 0 Å². The number of nitrogens with two attached hydrogens (primary N) is 1. The molecule has 0 aliphatic heterocycles. The van der Waals surface area contributed by atoms with Gasteiger partial charge in [0.05, 0.1) is 0 Å². The number of primary amides is 1. The first-order chi connectivity index (χ1) is 8.90. The maximum atomic E-state index is 11.8. The molecule has 0 saturated heterocycles. The van der Waals surface area contributed by atoms with E-state index in [1.165, 1.54) is 4.90 Å². The summed E-state index contributed by atoms with van der Waals surface area (Å²) in [6.45, 7) is 3.39. The number of thioether (sulfide) groups is 1. The van der Waals surface area contributed by atoms with E-state index in [1.54, 1.807) is 11.8 Å². The Bertz CT molecular complexity index is 419. The summed E-state index contributed by atoms with van der Waals surface area (Å²) in [5, 5.41) is 3.26. The van der Waals surface area contributed by atoms with E-state index in [-0.39, 0.29) is 5.91 Å². The molecule has 4 nitrogen and oxygen atoms in total. The molecule has 0 aliphatic carbocycles. The SMILES string of the molecule is CSc1ccc(C(C)(NCCN(C)C)C(N)=O)cc1. The lowest BCUT2D eigenvalue weighted by molar-refractivity contribution is -0.124. The number of nitrogens with zero attached hydrogens (tertiary/aromatic N) is 1. The van der Waals surface area contributed by atoms with Crippen molar-refractivity contribution in [3.05, 3.63) is 29.8 Å². The summed E-state index contributed by atoms with van der Waals surface area (Å²) in [5.41, 5.74) is 5.64. The van der Waals surface area contributed by atoms with E-state index < -0.39 is 5.54 Å². The fraction of sp³-hybridized carbons (Fsp3) is 0.500. The fourth-order valence-electron chi connectivity index (χ4n) is 1.79. The van der Waals surface area contributed by atoms with Crippen LogP contribution in [0.15, 0.2) is 29.2 Å². The third-order valence-electron chi connectivity index (χ3n) is 3.20. The van der Waals surface area contributed by atoms with Crippen molar-refractivity contribution < 1.29 is 4.79 Å². The molecule has 1 rings (SSSR count). The molecular formula is C14H23N3OS. The van der Waals surface area contributed by atoms with Gasteiger partial charge in [-0.25, -0.2) is 0 Å². The molecule has 1 amide bonds. The van der Waals surface area contributed by atoms with Crippen molar-refractivity contribution in [2.24, 2.45) is 5.73 Å². The molecule has 0 aromatic heterocycles. The van der Waals surface area contributed by atoms with Crippen LogP contribution in [-0.2, 0) is 10.3 Å². The van der Waals surface area contributed by atoms with Crippen LogP contribution in [-0.4, -0.2) is 44.2 Å². The van der Waals surface area contributed by atoms with E-state index >= 15 is 0 Å². The van der Waals surface area contributed by atoms with Gasteiger partial charge in [0.2, 0.25) is 5.91 Å². The number of carbonyl (C=O) groups is 1. The van der Waals surface area contributed by atoms with Crippen LogP contribution >= 0.6 is 11.8 Å². The Balaban J connectivity index is 2.87.